The average molecular weight is 283 g/mol. The van der Waals surface area contributed by atoms with Crippen LogP contribution >= 0.6 is 0 Å². The van der Waals surface area contributed by atoms with Gasteiger partial charge in [-0.2, -0.15) is 14.0 Å². The maximum Gasteiger partial charge on any atom is 0.387 e. The lowest BCUT2D eigenvalue weighted by Crippen LogP contribution is -2.13. The van der Waals surface area contributed by atoms with E-state index >= 15 is 0 Å². The van der Waals surface area contributed by atoms with Gasteiger partial charge in [-0.3, -0.25) is 9.59 Å². The van der Waals surface area contributed by atoms with Crippen molar-refractivity contribution < 1.29 is 27.8 Å². The van der Waals surface area contributed by atoms with Gasteiger partial charge in [-0.25, -0.2) is 0 Å². The van der Waals surface area contributed by atoms with E-state index in [1.807, 2.05) is 0 Å². The molecular weight excluding hydrogens is 272 g/mol. The molecule has 0 aliphatic rings. The molecule has 0 aromatic heterocycles. The summed E-state index contributed by atoms with van der Waals surface area (Å²) in [5, 5.41) is 8.77. The smallest absolute Gasteiger partial charge is 0.387 e. The van der Waals surface area contributed by atoms with Crippen LogP contribution in [0.5, 0.6) is 5.75 Å². The molecular formula is C13H11F2NO4. The number of halogens is 2. The predicted octanol–water partition coefficient (Wildman–Crippen LogP) is 2.08. The molecule has 1 rings (SSSR count). The number of carbonyl (C=O) groups excluding carboxylic acids is 2. The van der Waals surface area contributed by atoms with Crippen LogP contribution in [0, 0.1) is 11.3 Å². The highest BCUT2D eigenvalue weighted by Gasteiger charge is 2.18. The third kappa shape index (κ3) is 4.02. The summed E-state index contributed by atoms with van der Waals surface area (Å²) in [5.41, 5.74) is -0.110. The Morgan fingerprint density at radius 3 is 2.70 bits per heavy atom. The molecule has 0 aliphatic heterocycles. The third-order valence-corrected chi connectivity index (χ3v) is 2.34. The zero-order valence-electron chi connectivity index (χ0n) is 10.6. The van der Waals surface area contributed by atoms with E-state index in [0.29, 0.717) is 6.29 Å². The molecule has 0 atom stereocenters. The highest BCUT2D eigenvalue weighted by molar-refractivity contribution is 5.84. The van der Waals surface area contributed by atoms with Gasteiger partial charge < -0.3 is 9.47 Å². The Morgan fingerprint density at radius 1 is 1.50 bits per heavy atom. The Balaban J connectivity index is 3.25. The molecule has 0 heterocycles. The highest BCUT2D eigenvalue weighted by Crippen LogP contribution is 2.26. The molecule has 0 amide bonds. The number of nitrogens with zero attached hydrogens (tertiary/aromatic N) is 1. The van der Waals surface area contributed by atoms with Crippen LogP contribution in [0.25, 0.3) is 0 Å². The lowest BCUT2D eigenvalue weighted by molar-refractivity contribution is -0.142. The summed E-state index contributed by atoms with van der Waals surface area (Å²) in [6, 6.07) is 3.96. The summed E-state index contributed by atoms with van der Waals surface area (Å²) in [7, 11) is 0. The fraction of sp³-hybridized carbons (Fsp3) is 0.308. The van der Waals surface area contributed by atoms with E-state index in [-0.39, 0.29) is 29.0 Å². The quantitative estimate of drug-likeness (QED) is 0.590. The first-order valence-corrected chi connectivity index (χ1v) is 5.64. The van der Waals surface area contributed by atoms with Gasteiger partial charge in [0.05, 0.1) is 24.7 Å². The molecule has 7 heteroatoms. The first kappa shape index (κ1) is 15.6. The molecule has 0 fully saturated rings. The number of esters is 1. The number of rotatable bonds is 6. The van der Waals surface area contributed by atoms with Gasteiger partial charge in [0.25, 0.3) is 0 Å². The van der Waals surface area contributed by atoms with E-state index < -0.39 is 19.0 Å². The first-order valence-electron chi connectivity index (χ1n) is 5.64. The number of benzene rings is 1. The van der Waals surface area contributed by atoms with Crippen molar-refractivity contribution in [3.63, 3.8) is 0 Å². The standard InChI is InChI=1S/C13H11F2NO4/c1-2-19-12(18)5-10-9(7-17)3-8(6-16)4-11(10)20-13(14)15/h3-4,7,13H,2,5H2,1H3. The molecule has 5 nitrogen and oxygen atoms in total. The van der Waals surface area contributed by atoms with Gasteiger partial charge >= 0.3 is 12.6 Å². The Hall–Kier alpha value is -2.49. The minimum Gasteiger partial charge on any atom is -0.466 e. The first-order chi connectivity index (χ1) is 9.51. The summed E-state index contributed by atoms with van der Waals surface area (Å²) < 4.78 is 33.7. The zero-order valence-corrected chi connectivity index (χ0v) is 10.6. The van der Waals surface area contributed by atoms with Crippen molar-refractivity contribution in [1.82, 2.24) is 0 Å². The number of aldehydes is 1. The van der Waals surface area contributed by atoms with E-state index in [1.54, 1.807) is 13.0 Å². The number of ether oxygens (including phenoxy) is 2. The second kappa shape index (κ2) is 7.19. The van der Waals surface area contributed by atoms with Crippen LogP contribution in [0.1, 0.15) is 28.4 Å². The second-order valence-corrected chi connectivity index (χ2v) is 3.63. The minimum atomic E-state index is -3.13. The molecule has 0 radical (unpaired) electrons. The number of hydrogen-bond donors (Lipinski definition) is 0. The third-order valence-electron chi connectivity index (χ3n) is 2.34. The van der Waals surface area contributed by atoms with Gasteiger partial charge in [-0.15, -0.1) is 0 Å². The van der Waals surface area contributed by atoms with Crippen molar-refractivity contribution in [3.8, 4) is 11.8 Å². The Labute approximate surface area is 113 Å². The molecule has 0 unspecified atom stereocenters. The molecule has 0 saturated heterocycles. The maximum atomic E-state index is 12.3. The van der Waals surface area contributed by atoms with Crippen LogP contribution in [-0.2, 0) is 16.0 Å². The van der Waals surface area contributed by atoms with Crippen LogP contribution in [0.4, 0.5) is 8.78 Å². The van der Waals surface area contributed by atoms with Crippen LogP contribution in [0.2, 0.25) is 0 Å². The second-order valence-electron chi connectivity index (χ2n) is 3.63. The molecule has 0 aliphatic carbocycles. The Kier molecular flexibility index (Phi) is 5.59. The summed E-state index contributed by atoms with van der Waals surface area (Å²) >= 11 is 0. The lowest BCUT2D eigenvalue weighted by Gasteiger charge is -2.13. The van der Waals surface area contributed by atoms with Gasteiger partial charge in [0, 0.05) is 11.1 Å². The van der Waals surface area contributed by atoms with Crippen LogP contribution in [0.15, 0.2) is 12.1 Å². The van der Waals surface area contributed by atoms with Crippen molar-refractivity contribution in [1.29, 1.82) is 5.26 Å². The van der Waals surface area contributed by atoms with Crippen molar-refractivity contribution in [3.05, 3.63) is 28.8 Å². The molecule has 1 aromatic carbocycles. The van der Waals surface area contributed by atoms with Crippen molar-refractivity contribution in [2.24, 2.45) is 0 Å². The fourth-order valence-corrected chi connectivity index (χ4v) is 1.58. The monoisotopic (exact) mass is 283 g/mol. The SMILES string of the molecule is CCOC(=O)Cc1c(C=O)cc(C#N)cc1OC(F)F. The highest BCUT2D eigenvalue weighted by atomic mass is 19.3. The summed E-state index contributed by atoms with van der Waals surface area (Å²) in [6.45, 7) is -1.42. The van der Waals surface area contributed by atoms with E-state index in [9.17, 15) is 18.4 Å². The van der Waals surface area contributed by atoms with E-state index in [1.165, 1.54) is 6.07 Å². The largest absolute Gasteiger partial charge is 0.466 e. The fourth-order valence-electron chi connectivity index (χ4n) is 1.58. The topological polar surface area (TPSA) is 76.4 Å². The van der Waals surface area contributed by atoms with Crippen molar-refractivity contribution in [2.45, 2.75) is 20.0 Å². The Bertz CT molecular complexity index is 552. The minimum absolute atomic E-state index is 0.0182. The van der Waals surface area contributed by atoms with Gasteiger partial charge in [0.15, 0.2) is 6.29 Å². The summed E-state index contributed by atoms with van der Waals surface area (Å²) in [5.74, 6) is -1.06. The van der Waals surface area contributed by atoms with Gasteiger partial charge in [0.2, 0.25) is 0 Å². The maximum absolute atomic E-state index is 12.3. The molecule has 0 bridgehead atoms. The molecule has 0 spiro atoms. The van der Waals surface area contributed by atoms with Gasteiger partial charge in [-0.1, -0.05) is 0 Å². The predicted molar refractivity (Wildman–Crippen MR) is 63.5 cm³/mol. The van der Waals surface area contributed by atoms with Gasteiger partial charge in [-0.05, 0) is 19.1 Å². The van der Waals surface area contributed by atoms with E-state index in [4.69, 9.17) is 10.00 Å². The molecule has 20 heavy (non-hydrogen) atoms. The summed E-state index contributed by atoms with van der Waals surface area (Å²) in [6.07, 6.45) is -0.0244. The number of carbonyl (C=O) groups is 2. The normalized spacial score (nSPS) is 9.95. The van der Waals surface area contributed by atoms with Crippen molar-refractivity contribution in [2.75, 3.05) is 6.61 Å². The van der Waals surface area contributed by atoms with Gasteiger partial charge in [0.1, 0.15) is 5.75 Å². The van der Waals surface area contributed by atoms with Crippen LogP contribution in [0.3, 0.4) is 0 Å². The average Bonchev–Trinajstić information content (AvgIpc) is 2.40. The van der Waals surface area contributed by atoms with E-state index in [2.05, 4.69) is 4.74 Å². The number of alkyl halides is 2. The zero-order chi connectivity index (χ0) is 15.1. The molecule has 106 valence electrons. The van der Waals surface area contributed by atoms with Crippen LogP contribution in [-0.4, -0.2) is 25.5 Å². The number of nitriles is 1. The lowest BCUT2D eigenvalue weighted by atomic mass is 10.0. The molecule has 0 N–H and O–H groups in total. The number of hydrogen-bond acceptors (Lipinski definition) is 5. The summed E-state index contributed by atoms with van der Waals surface area (Å²) in [4.78, 5) is 22.4. The van der Waals surface area contributed by atoms with Crippen LogP contribution < -0.4 is 4.74 Å². The Morgan fingerprint density at radius 2 is 2.20 bits per heavy atom. The van der Waals surface area contributed by atoms with E-state index in [0.717, 1.165) is 6.07 Å². The molecule has 1 aromatic rings. The van der Waals surface area contributed by atoms with Crippen molar-refractivity contribution >= 4 is 12.3 Å². The molecule has 0 saturated carbocycles.